The average molecular weight is 477 g/mol. The van der Waals surface area contributed by atoms with Gasteiger partial charge in [-0.25, -0.2) is 4.98 Å². The fraction of sp³-hybridized carbons (Fsp3) is 0.370. The SMILES string of the molecule is Cc1cc(C)c(-c2csc(NC(=O)CN3CCC(C(=O)NCc4ccccc4)CC3)n2)c(C)c1. The first-order valence-corrected chi connectivity index (χ1v) is 12.6. The van der Waals surface area contributed by atoms with Crippen LogP contribution in [0, 0.1) is 26.7 Å². The molecule has 0 unspecified atom stereocenters. The first kappa shape index (κ1) is 24.1. The molecule has 0 radical (unpaired) electrons. The van der Waals surface area contributed by atoms with Crippen LogP contribution in [0.15, 0.2) is 47.8 Å². The number of amides is 2. The number of likely N-dealkylation sites (tertiary alicyclic amines) is 1. The van der Waals surface area contributed by atoms with E-state index in [9.17, 15) is 9.59 Å². The number of carbonyl (C=O) groups excluding carboxylic acids is 2. The molecule has 1 fully saturated rings. The van der Waals surface area contributed by atoms with Gasteiger partial charge in [0, 0.05) is 23.4 Å². The van der Waals surface area contributed by atoms with E-state index in [2.05, 4.69) is 53.4 Å². The molecule has 2 N–H and O–H groups in total. The average Bonchev–Trinajstić information content (AvgIpc) is 3.25. The number of aromatic nitrogens is 1. The highest BCUT2D eigenvalue weighted by molar-refractivity contribution is 7.14. The third-order valence-corrected chi connectivity index (χ3v) is 7.08. The molecular weight excluding hydrogens is 444 g/mol. The maximum absolute atomic E-state index is 12.6. The van der Waals surface area contributed by atoms with E-state index < -0.39 is 0 Å². The summed E-state index contributed by atoms with van der Waals surface area (Å²) in [6, 6.07) is 14.3. The molecule has 4 rings (SSSR count). The summed E-state index contributed by atoms with van der Waals surface area (Å²) in [5.41, 5.74) is 6.75. The molecule has 0 atom stereocenters. The Morgan fingerprint density at radius 1 is 1.06 bits per heavy atom. The molecular formula is C27H32N4O2S. The highest BCUT2D eigenvalue weighted by Gasteiger charge is 2.26. The molecule has 178 valence electrons. The molecule has 3 aromatic rings. The number of anilines is 1. The fourth-order valence-corrected chi connectivity index (χ4v) is 5.39. The number of hydrogen-bond donors (Lipinski definition) is 2. The predicted molar refractivity (Wildman–Crippen MR) is 138 cm³/mol. The van der Waals surface area contributed by atoms with Crippen LogP contribution in [-0.4, -0.2) is 41.3 Å². The second-order valence-electron chi connectivity index (χ2n) is 9.11. The summed E-state index contributed by atoms with van der Waals surface area (Å²) in [7, 11) is 0. The van der Waals surface area contributed by atoms with Crippen LogP contribution in [0.5, 0.6) is 0 Å². The minimum Gasteiger partial charge on any atom is -0.352 e. The molecule has 0 aliphatic carbocycles. The molecule has 0 saturated carbocycles. The van der Waals surface area contributed by atoms with Gasteiger partial charge in [0.15, 0.2) is 5.13 Å². The van der Waals surface area contributed by atoms with Crippen molar-refractivity contribution in [2.24, 2.45) is 5.92 Å². The molecule has 2 heterocycles. The fourth-order valence-electron chi connectivity index (χ4n) is 4.67. The van der Waals surface area contributed by atoms with Crippen molar-refractivity contribution in [2.75, 3.05) is 25.0 Å². The van der Waals surface area contributed by atoms with E-state index >= 15 is 0 Å². The Hall–Kier alpha value is -3.03. The summed E-state index contributed by atoms with van der Waals surface area (Å²) in [5, 5.41) is 8.61. The summed E-state index contributed by atoms with van der Waals surface area (Å²) in [6.45, 7) is 8.63. The molecule has 34 heavy (non-hydrogen) atoms. The van der Waals surface area contributed by atoms with Crippen LogP contribution in [0.2, 0.25) is 0 Å². The van der Waals surface area contributed by atoms with E-state index in [-0.39, 0.29) is 17.7 Å². The van der Waals surface area contributed by atoms with Crippen LogP contribution in [0.25, 0.3) is 11.3 Å². The molecule has 2 aromatic carbocycles. The Kier molecular flexibility index (Phi) is 7.75. The Morgan fingerprint density at radius 3 is 2.41 bits per heavy atom. The van der Waals surface area contributed by atoms with E-state index in [1.54, 1.807) is 0 Å². The van der Waals surface area contributed by atoms with Crippen molar-refractivity contribution >= 4 is 28.3 Å². The molecule has 1 aromatic heterocycles. The van der Waals surface area contributed by atoms with Crippen molar-refractivity contribution in [1.29, 1.82) is 0 Å². The summed E-state index contributed by atoms with van der Waals surface area (Å²) in [4.78, 5) is 31.9. The van der Waals surface area contributed by atoms with Crippen molar-refractivity contribution in [3.63, 3.8) is 0 Å². The van der Waals surface area contributed by atoms with E-state index in [4.69, 9.17) is 0 Å². The quantitative estimate of drug-likeness (QED) is 0.518. The molecule has 0 spiro atoms. The lowest BCUT2D eigenvalue weighted by molar-refractivity contribution is -0.126. The van der Waals surface area contributed by atoms with Crippen LogP contribution in [0.1, 0.15) is 35.1 Å². The number of aryl methyl sites for hydroxylation is 3. The number of carbonyl (C=O) groups is 2. The van der Waals surface area contributed by atoms with E-state index in [1.807, 2.05) is 35.7 Å². The van der Waals surface area contributed by atoms with Crippen molar-refractivity contribution < 1.29 is 9.59 Å². The van der Waals surface area contributed by atoms with Gasteiger partial charge in [0.05, 0.1) is 12.2 Å². The lowest BCUT2D eigenvalue weighted by Gasteiger charge is -2.30. The Bertz CT molecular complexity index is 1130. The Balaban J connectivity index is 1.24. The van der Waals surface area contributed by atoms with Crippen LogP contribution in [0.3, 0.4) is 0 Å². The maximum Gasteiger partial charge on any atom is 0.240 e. The van der Waals surface area contributed by atoms with E-state index in [1.165, 1.54) is 28.0 Å². The minimum atomic E-state index is -0.0646. The monoisotopic (exact) mass is 476 g/mol. The van der Waals surface area contributed by atoms with Crippen molar-refractivity contribution in [3.8, 4) is 11.3 Å². The summed E-state index contributed by atoms with van der Waals surface area (Å²) in [6.07, 6.45) is 1.53. The van der Waals surface area contributed by atoms with Gasteiger partial charge in [-0.05, 0) is 63.4 Å². The molecule has 6 nitrogen and oxygen atoms in total. The first-order chi connectivity index (χ1) is 16.4. The lowest BCUT2D eigenvalue weighted by Crippen LogP contribution is -2.43. The summed E-state index contributed by atoms with van der Waals surface area (Å²) < 4.78 is 0. The van der Waals surface area contributed by atoms with Crippen LogP contribution >= 0.6 is 11.3 Å². The number of benzene rings is 2. The standard InChI is InChI=1S/C27H32N4O2S/c1-18-13-19(2)25(20(3)14-18)23-17-34-27(29-23)30-24(32)16-31-11-9-22(10-12-31)26(33)28-15-21-7-5-4-6-8-21/h4-8,13-14,17,22H,9-12,15-16H2,1-3H3,(H,28,33)(H,29,30,32). The molecule has 1 aliphatic heterocycles. The number of hydrogen-bond acceptors (Lipinski definition) is 5. The zero-order valence-electron chi connectivity index (χ0n) is 20.1. The van der Waals surface area contributed by atoms with Gasteiger partial charge in [0.1, 0.15) is 0 Å². The van der Waals surface area contributed by atoms with Gasteiger partial charge >= 0.3 is 0 Å². The highest BCUT2D eigenvalue weighted by atomic mass is 32.1. The molecule has 2 amide bonds. The number of piperidine rings is 1. The third kappa shape index (κ3) is 6.10. The zero-order valence-corrected chi connectivity index (χ0v) is 20.9. The Morgan fingerprint density at radius 2 is 1.74 bits per heavy atom. The summed E-state index contributed by atoms with van der Waals surface area (Å²) in [5.74, 6) is 0.0423. The van der Waals surface area contributed by atoms with Crippen LogP contribution in [0.4, 0.5) is 5.13 Å². The second kappa shape index (κ2) is 10.9. The van der Waals surface area contributed by atoms with Crippen molar-refractivity contribution in [1.82, 2.24) is 15.2 Å². The number of thiazole rings is 1. The predicted octanol–water partition coefficient (Wildman–Crippen LogP) is 4.70. The van der Waals surface area contributed by atoms with Crippen LogP contribution in [-0.2, 0) is 16.1 Å². The summed E-state index contributed by atoms with van der Waals surface area (Å²) >= 11 is 1.45. The normalized spacial score (nSPS) is 14.7. The number of rotatable bonds is 7. The zero-order chi connectivity index (χ0) is 24.1. The van der Waals surface area contributed by atoms with Gasteiger partial charge in [-0.1, -0.05) is 48.0 Å². The van der Waals surface area contributed by atoms with Gasteiger partial charge in [-0.15, -0.1) is 11.3 Å². The molecule has 7 heteroatoms. The third-order valence-electron chi connectivity index (χ3n) is 6.32. The van der Waals surface area contributed by atoms with Gasteiger partial charge in [0.25, 0.3) is 0 Å². The number of nitrogens with zero attached hydrogens (tertiary/aromatic N) is 2. The molecule has 1 aliphatic rings. The van der Waals surface area contributed by atoms with Gasteiger partial charge in [-0.2, -0.15) is 0 Å². The topological polar surface area (TPSA) is 74.3 Å². The van der Waals surface area contributed by atoms with Gasteiger partial charge < -0.3 is 10.6 Å². The van der Waals surface area contributed by atoms with Gasteiger partial charge in [0.2, 0.25) is 11.8 Å². The van der Waals surface area contributed by atoms with Crippen molar-refractivity contribution in [2.45, 2.75) is 40.2 Å². The Labute approximate surface area is 205 Å². The lowest BCUT2D eigenvalue weighted by atomic mass is 9.96. The first-order valence-electron chi connectivity index (χ1n) is 11.8. The second-order valence-corrected chi connectivity index (χ2v) is 9.97. The largest absolute Gasteiger partial charge is 0.352 e. The van der Waals surface area contributed by atoms with E-state index in [0.717, 1.165) is 42.8 Å². The smallest absolute Gasteiger partial charge is 0.240 e. The maximum atomic E-state index is 12.6. The number of nitrogens with one attached hydrogen (secondary N) is 2. The van der Waals surface area contributed by atoms with Crippen LogP contribution < -0.4 is 10.6 Å². The highest BCUT2D eigenvalue weighted by Crippen LogP contribution is 2.31. The van der Waals surface area contributed by atoms with E-state index in [0.29, 0.717) is 18.2 Å². The van der Waals surface area contributed by atoms with Gasteiger partial charge in [-0.3, -0.25) is 14.5 Å². The molecule has 0 bridgehead atoms. The van der Waals surface area contributed by atoms with Crippen molar-refractivity contribution in [3.05, 3.63) is 70.1 Å². The minimum absolute atomic E-state index is 0.00512. The molecule has 1 saturated heterocycles.